The normalized spacial score (nSPS) is 33.0. The molecule has 2 atom stereocenters. The lowest BCUT2D eigenvalue weighted by molar-refractivity contribution is -0.0527. The van der Waals surface area contributed by atoms with Gasteiger partial charge in [0, 0.05) is 19.2 Å². The highest BCUT2D eigenvalue weighted by Crippen LogP contribution is 2.27. The summed E-state index contributed by atoms with van der Waals surface area (Å²) in [5.41, 5.74) is 0. The van der Waals surface area contributed by atoms with Gasteiger partial charge in [0.1, 0.15) is 0 Å². The molecule has 0 aromatic rings. The molecule has 0 bridgehead atoms. The molecule has 1 heterocycles. The molecule has 15 heavy (non-hydrogen) atoms. The molecule has 2 aliphatic rings. The average molecular weight is 211 g/mol. The van der Waals surface area contributed by atoms with Crippen LogP contribution >= 0.6 is 0 Å². The second-order valence-corrected chi connectivity index (χ2v) is 5.52. The second kappa shape index (κ2) is 5.31. The summed E-state index contributed by atoms with van der Waals surface area (Å²) in [5.74, 6) is 1.41. The lowest BCUT2D eigenvalue weighted by Gasteiger charge is -2.36. The molecule has 2 nitrogen and oxygen atoms in total. The maximum absolute atomic E-state index is 5.90. The summed E-state index contributed by atoms with van der Waals surface area (Å²) >= 11 is 0. The van der Waals surface area contributed by atoms with Crippen molar-refractivity contribution in [1.29, 1.82) is 0 Å². The third-order valence-electron chi connectivity index (χ3n) is 3.93. The average Bonchev–Trinajstić information content (AvgIpc) is 2.16. The lowest BCUT2D eigenvalue weighted by Crippen LogP contribution is -2.44. The SMILES string of the molecule is CC(C)C1OCCCC1CNC1CCC1. The van der Waals surface area contributed by atoms with E-state index in [1.807, 2.05) is 0 Å². The Morgan fingerprint density at radius 2 is 2.00 bits per heavy atom. The van der Waals surface area contributed by atoms with Crippen LogP contribution in [0.1, 0.15) is 46.0 Å². The first-order valence-corrected chi connectivity index (χ1v) is 6.62. The van der Waals surface area contributed by atoms with Gasteiger partial charge in [-0.2, -0.15) is 0 Å². The van der Waals surface area contributed by atoms with Crippen LogP contribution in [-0.4, -0.2) is 25.3 Å². The molecule has 1 aliphatic heterocycles. The van der Waals surface area contributed by atoms with Gasteiger partial charge in [-0.05, 0) is 37.5 Å². The fourth-order valence-corrected chi connectivity index (χ4v) is 2.75. The van der Waals surface area contributed by atoms with Crippen molar-refractivity contribution in [2.45, 2.75) is 58.1 Å². The van der Waals surface area contributed by atoms with Gasteiger partial charge < -0.3 is 10.1 Å². The lowest BCUT2D eigenvalue weighted by atomic mass is 9.86. The van der Waals surface area contributed by atoms with Gasteiger partial charge in [0.05, 0.1) is 6.10 Å². The largest absolute Gasteiger partial charge is 0.378 e. The van der Waals surface area contributed by atoms with Gasteiger partial charge in [0.25, 0.3) is 0 Å². The molecule has 0 amide bonds. The fourth-order valence-electron chi connectivity index (χ4n) is 2.75. The first kappa shape index (κ1) is 11.4. The summed E-state index contributed by atoms with van der Waals surface area (Å²) in [4.78, 5) is 0. The standard InChI is InChI=1S/C13H25NO/c1-10(2)13-11(5-4-8-15-13)9-14-12-6-3-7-12/h10-14H,3-9H2,1-2H3. The molecule has 0 aromatic carbocycles. The van der Waals surface area contributed by atoms with Crippen molar-refractivity contribution in [3.63, 3.8) is 0 Å². The molecule has 1 N–H and O–H groups in total. The highest BCUT2D eigenvalue weighted by molar-refractivity contribution is 4.82. The molecule has 2 heteroatoms. The summed E-state index contributed by atoms with van der Waals surface area (Å²) < 4.78 is 5.90. The molecule has 2 unspecified atom stereocenters. The third-order valence-corrected chi connectivity index (χ3v) is 3.93. The van der Waals surface area contributed by atoms with E-state index in [4.69, 9.17) is 4.74 Å². The van der Waals surface area contributed by atoms with Crippen LogP contribution in [-0.2, 0) is 4.74 Å². The molecule has 1 saturated carbocycles. The quantitative estimate of drug-likeness (QED) is 0.771. The smallest absolute Gasteiger partial charge is 0.0638 e. The monoisotopic (exact) mass is 211 g/mol. The van der Waals surface area contributed by atoms with E-state index in [9.17, 15) is 0 Å². The number of nitrogens with one attached hydrogen (secondary N) is 1. The molecule has 0 radical (unpaired) electrons. The molecule has 2 rings (SSSR count). The third kappa shape index (κ3) is 2.94. The number of hydrogen-bond donors (Lipinski definition) is 1. The zero-order chi connectivity index (χ0) is 10.7. The predicted octanol–water partition coefficient (Wildman–Crippen LogP) is 2.58. The molecule has 0 spiro atoms. The van der Waals surface area contributed by atoms with Crippen molar-refractivity contribution in [2.75, 3.05) is 13.2 Å². The molecule has 0 aromatic heterocycles. The van der Waals surface area contributed by atoms with Crippen molar-refractivity contribution in [3.8, 4) is 0 Å². The van der Waals surface area contributed by atoms with Crippen molar-refractivity contribution in [3.05, 3.63) is 0 Å². The summed E-state index contributed by atoms with van der Waals surface area (Å²) in [6.07, 6.45) is 7.29. The van der Waals surface area contributed by atoms with Crippen LogP contribution in [0.4, 0.5) is 0 Å². The van der Waals surface area contributed by atoms with Gasteiger partial charge in [-0.25, -0.2) is 0 Å². The summed E-state index contributed by atoms with van der Waals surface area (Å²) in [7, 11) is 0. The Kier molecular flexibility index (Phi) is 4.04. The van der Waals surface area contributed by atoms with Gasteiger partial charge >= 0.3 is 0 Å². The van der Waals surface area contributed by atoms with Crippen LogP contribution in [0.3, 0.4) is 0 Å². The minimum atomic E-state index is 0.492. The highest BCUT2D eigenvalue weighted by Gasteiger charge is 2.29. The molecule has 2 fully saturated rings. The van der Waals surface area contributed by atoms with E-state index in [-0.39, 0.29) is 0 Å². The fraction of sp³-hybridized carbons (Fsp3) is 1.00. The Morgan fingerprint density at radius 3 is 2.60 bits per heavy atom. The zero-order valence-corrected chi connectivity index (χ0v) is 10.2. The molecular weight excluding hydrogens is 186 g/mol. The first-order chi connectivity index (χ1) is 7.27. The molecule has 88 valence electrons. The zero-order valence-electron chi connectivity index (χ0n) is 10.2. The van der Waals surface area contributed by atoms with E-state index < -0.39 is 0 Å². The molecule has 1 saturated heterocycles. The van der Waals surface area contributed by atoms with Crippen LogP contribution < -0.4 is 5.32 Å². The summed E-state index contributed by atoms with van der Waals surface area (Å²) in [6.45, 7) is 6.72. The Hall–Kier alpha value is -0.0800. The van der Waals surface area contributed by atoms with Crippen LogP contribution in [0.5, 0.6) is 0 Å². The van der Waals surface area contributed by atoms with Crippen molar-refractivity contribution >= 4 is 0 Å². The van der Waals surface area contributed by atoms with Crippen molar-refractivity contribution in [1.82, 2.24) is 5.32 Å². The number of hydrogen-bond acceptors (Lipinski definition) is 2. The minimum absolute atomic E-state index is 0.492. The first-order valence-electron chi connectivity index (χ1n) is 6.62. The number of ether oxygens (including phenoxy) is 1. The van der Waals surface area contributed by atoms with Gasteiger partial charge in [0.2, 0.25) is 0 Å². The highest BCUT2D eigenvalue weighted by atomic mass is 16.5. The Morgan fingerprint density at radius 1 is 1.20 bits per heavy atom. The van der Waals surface area contributed by atoms with E-state index in [1.165, 1.54) is 38.6 Å². The van der Waals surface area contributed by atoms with Gasteiger partial charge in [0.15, 0.2) is 0 Å². The van der Waals surface area contributed by atoms with Crippen molar-refractivity contribution in [2.24, 2.45) is 11.8 Å². The van der Waals surface area contributed by atoms with E-state index in [2.05, 4.69) is 19.2 Å². The minimum Gasteiger partial charge on any atom is -0.378 e. The van der Waals surface area contributed by atoms with Crippen LogP contribution in [0, 0.1) is 11.8 Å². The molecular formula is C13H25NO. The van der Waals surface area contributed by atoms with Gasteiger partial charge in [-0.15, -0.1) is 0 Å². The van der Waals surface area contributed by atoms with E-state index in [0.29, 0.717) is 12.0 Å². The molecule has 1 aliphatic carbocycles. The van der Waals surface area contributed by atoms with Crippen LogP contribution in [0.2, 0.25) is 0 Å². The maximum Gasteiger partial charge on any atom is 0.0638 e. The van der Waals surface area contributed by atoms with E-state index in [1.54, 1.807) is 0 Å². The second-order valence-electron chi connectivity index (χ2n) is 5.52. The maximum atomic E-state index is 5.90. The summed E-state index contributed by atoms with van der Waals surface area (Å²) in [5, 5.41) is 3.69. The van der Waals surface area contributed by atoms with Crippen molar-refractivity contribution < 1.29 is 4.74 Å². The van der Waals surface area contributed by atoms with Crippen LogP contribution in [0.15, 0.2) is 0 Å². The van der Waals surface area contributed by atoms with E-state index >= 15 is 0 Å². The number of rotatable bonds is 4. The van der Waals surface area contributed by atoms with Crippen LogP contribution in [0.25, 0.3) is 0 Å². The Labute approximate surface area is 93.8 Å². The Balaban J connectivity index is 1.76. The summed E-state index contributed by atoms with van der Waals surface area (Å²) in [6, 6.07) is 0.819. The topological polar surface area (TPSA) is 21.3 Å². The Bertz CT molecular complexity index is 189. The predicted molar refractivity (Wildman–Crippen MR) is 62.9 cm³/mol. The van der Waals surface area contributed by atoms with E-state index in [0.717, 1.165) is 18.6 Å². The van der Waals surface area contributed by atoms with Gasteiger partial charge in [-0.1, -0.05) is 20.3 Å². The van der Waals surface area contributed by atoms with Gasteiger partial charge in [-0.3, -0.25) is 0 Å².